The number of rotatable bonds is 5. The molecule has 3 heteroatoms. The standard InChI is InChI=1S/C18H17NO2/c1-3-11-21-18(20)16-5-4-6-17(12-16)19-13-15-9-7-14(2)8-10-15/h1,4-10,12,19H,11,13H2,2H3. The van der Waals surface area contributed by atoms with E-state index in [0.717, 1.165) is 5.69 Å². The smallest absolute Gasteiger partial charge is 0.339 e. The first-order valence-corrected chi connectivity index (χ1v) is 6.69. The lowest BCUT2D eigenvalue weighted by Crippen LogP contribution is -2.06. The van der Waals surface area contributed by atoms with Gasteiger partial charge < -0.3 is 10.1 Å². The van der Waals surface area contributed by atoms with E-state index in [1.165, 1.54) is 11.1 Å². The van der Waals surface area contributed by atoms with Gasteiger partial charge in [0.1, 0.15) is 0 Å². The summed E-state index contributed by atoms with van der Waals surface area (Å²) in [5.41, 5.74) is 3.77. The summed E-state index contributed by atoms with van der Waals surface area (Å²) in [6.45, 7) is 2.74. The molecule has 0 unspecified atom stereocenters. The van der Waals surface area contributed by atoms with Gasteiger partial charge in [0.15, 0.2) is 6.61 Å². The Balaban J connectivity index is 1.99. The van der Waals surface area contributed by atoms with Gasteiger partial charge in [-0.15, -0.1) is 6.42 Å². The number of aryl methyl sites for hydroxylation is 1. The van der Waals surface area contributed by atoms with Crippen LogP contribution in [0, 0.1) is 19.3 Å². The predicted octanol–water partition coefficient (Wildman–Crippen LogP) is 3.40. The lowest BCUT2D eigenvalue weighted by molar-refractivity contribution is 0.0557. The average molecular weight is 279 g/mol. The number of carbonyl (C=O) groups is 1. The van der Waals surface area contributed by atoms with Crippen molar-refractivity contribution in [2.24, 2.45) is 0 Å². The molecule has 0 aliphatic rings. The van der Waals surface area contributed by atoms with Crippen molar-refractivity contribution in [2.45, 2.75) is 13.5 Å². The van der Waals surface area contributed by atoms with Crippen molar-refractivity contribution < 1.29 is 9.53 Å². The number of terminal acetylenes is 1. The molecular formula is C18H17NO2. The van der Waals surface area contributed by atoms with Crippen molar-refractivity contribution in [3.8, 4) is 12.3 Å². The summed E-state index contributed by atoms with van der Waals surface area (Å²) in [6.07, 6.45) is 5.07. The molecule has 0 spiro atoms. The van der Waals surface area contributed by atoms with Crippen molar-refractivity contribution in [3.05, 3.63) is 65.2 Å². The zero-order chi connectivity index (χ0) is 15.1. The summed E-state index contributed by atoms with van der Waals surface area (Å²) >= 11 is 0. The van der Waals surface area contributed by atoms with Crippen molar-refractivity contribution in [2.75, 3.05) is 11.9 Å². The first-order chi connectivity index (χ1) is 10.2. The van der Waals surface area contributed by atoms with Gasteiger partial charge in [-0.25, -0.2) is 4.79 Å². The summed E-state index contributed by atoms with van der Waals surface area (Å²) in [5, 5.41) is 3.28. The lowest BCUT2D eigenvalue weighted by atomic mass is 10.1. The van der Waals surface area contributed by atoms with E-state index in [1.54, 1.807) is 12.1 Å². The minimum atomic E-state index is -0.410. The maximum Gasteiger partial charge on any atom is 0.339 e. The molecule has 0 saturated carbocycles. The third-order valence-electron chi connectivity index (χ3n) is 3.00. The fourth-order valence-corrected chi connectivity index (χ4v) is 1.86. The third-order valence-corrected chi connectivity index (χ3v) is 3.00. The van der Waals surface area contributed by atoms with Crippen molar-refractivity contribution >= 4 is 11.7 Å². The number of hydrogen-bond acceptors (Lipinski definition) is 3. The van der Waals surface area contributed by atoms with E-state index >= 15 is 0 Å². The highest BCUT2D eigenvalue weighted by Gasteiger charge is 2.06. The zero-order valence-corrected chi connectivity index (χ0v) is 11.9. The molecular weight excluding hydrogens is 262 g/mol. The number of esters is 1. The van der Waals surface area contributed by atoms with Gasteiger partial charge in [0.05, 0.1) is 5.56 Å². The summed E-state index contributed by atoms with van der Waals surface area (Å²) in [6, 6.07) is 15.5. The predicted molar refractivity (Wildman–Crippen MR) is 84.1 cm³/mol. The largest absolute Gasteiger partial charge is 0.449 e. The topological polar surface area (TPSA) is 38.3 Å². The first-order valence-electron chi connectivity index (χ1n) is 6.69. The fraction of sp³-hybridized carbons (Fsp3) is 0.167. The highest BCUT2D eigenvalue weighted by molar-refractivity contribution is 5.90. The minimum absolute atomic E-state index is 0.0140. The second-order valence-electron chi connectivity index (χ2n) is 4.70. The number of hydrogen-bond donors (Lipinski definition) is 1. The molecule has 0 aromatic heterocycles. The van der Waals surface area contributed by atoms with Crippen LogP contribution in [-0.2, 0) is 11.3 Å². The van der Waals surface area contributed by atoms with Crippen LogP contribution in [0.4, 0.5) is 5.69 Å². The highest BCUT2D eigenvalue weighted by atomic mass is 16.5. The molecule has 106 valence electrons. The molecule has 0 atom stereocenters. The number of carbonyl (C=O) groups excluding carboxylic acids is 1. The minimum Gasteiger partial charge on any atom is -0.449 e. The Bertz CT molecular complexity index is 654. The van der Waals surface area contributed by atoms with E-state index in [4.69, 9.17) is 11.2 Å². The second kappa shape index (κ2) is 7.16. The normalized spacial score (nSPS) is 9.71. The monoisotopic (exact) mass is 279 g/mol. The van der Waals surface area contributed by atoms with Crippen LogP contribution < -0.4 is 5.32 Å². The Hall–Kier alpha value is -2.73. The van der Waals surface area contributed by atoms with Gasteiger partial charge in [-0.05, 0) is 30.7 Å². The van der Waals surface area contributed by atoms with Crippen molar-refractivity contribution in [1.29, 1.82) is 0 Å². The van der Waals surface area contributed by atoms with E-state index < -0.39 is 5.97 Å². The van der Waals surface area contributed by atoms with E-state index in [2.05, 4.69) is 42.4 Å². The summed E-state index contributed by atoms with van der Waals surface area (Å²) in [5.74, 6) is 1.87. The third kappa shape index (κ3) is 4.39. The molecule has 21 heavy (non-hydrogen) atoms. The molecule has 2 aromatic carbocycles. The zero-order valence-electron chi connectivity index (χ0n) is 11.9. The van der Waals surface area contributed by atoms with E-state index in [0.29, 0.717) is 12.1 Å². The van der Waals surface area contributed by atoms with Crippen LogP contribution in [0.2, 0.25) is 0 Å². The second-order valence-corrected chi connectivity index (χ2v) is 4.70. The molecule has 3 nitrogen and oxygen atoms in total. The van der Waals surface area contributed by atoms with Gasteiger partial charge in [0.25, 0.3) is 0 Å². The molecule has 1 N–H and O–H groups in total. The molecule has 0 heterocycles. The SMILES string of the molecule is C#CCOC(=O)c1cccc(NCc2ccc(C)cc2)c1. The van der Waals surface area contributed by atoms with E-state index in [9.17, 15) is 4.79 Å². The maximum absolute atomic E-state index is 11.7. The first kappa shape index (κ1) is 14.7. The number of anilines is 1. The van der Waals surface area contributed by atoms with Crippen LogP contribution >= 0.6 is 0 Å². The van der Waals surface area contributed by atoms with Gasteiger partial charge >= 0.3 is 5.97 Å². The molecule has 0 fully saturated rings. The van der Waals surface area contributed by atoms with Gasteiger partial charge in [-0.2, -0.15) is 0 Å². The average Bonchev–Trinajstić information content (AvgIpc) is 2.52. The summed E-state index contributed by atoms with van der Waals surface area (Å²) in [4.78, 5) is 11.7. The number of ether oxygens (including phenoxy) is 1. The van der Waals surface area contributed by atoms with Crippen LogP contribution in [0.1, 0.15) is 21.5 Å². The Kier molecular flexibility index (Phi) is 5.00. The van der Waals surface area contributed by atoms with Crippen molar-refractivity contribution in [3.63, 3.8) is 0 Å². The summed E-state index contributed by atoms with van der Waals surface area (Å²) < 4.78 is 4.91. The Morgan fingerprint density at radius 3 is 2.71 bits per heavy atom. The Morgan fingerprint density at radius 1 is 1.24 bits per heavy atom. The van der Waals surface area contributed by atoms with Gasteiger partial charge in [-0.3, -0.25) is 0 Å². The number of benzene rings is 2. The molecule has 0 saturated heterocycles. The number of nitrogens with one attached hydrogen (secondary N) is 1. The van der Waals surface area contributed by atoms with Crippen LogP contribution in [0.15, 0.2) is 48.5 Å². The van der Waals surface area contributed by atoms with Crippen molar-refractivity contribution in [1.82, 2.24) is 0 Å². The molecule has 2 rings (SSSR count). The molecule has 2 aromatic rings. The molecule has 0 aliphatic carbocycles. The van der Waals surface area contributed by atoms with Gasteiger partial charge in [0.2, 0.25) is 0 Å². The molecule has 0 aliphatic heterocycles. The quantitative estimate of drug-likeness (QED) is 0.673. The van der Waals surface area contributed by atoms with E-state index in [-0.39, 0.29) is 6.61 Å². The van der Waals surface area contributed by atoms with Gasteiger partial charge in [0, 0.05) is 12.2 Å². The Labute approximate surface area is 125 Å². The summed E-state index contributed by atoms with van der Waals surface area (Å²) in [7, 11) is 0. The molecule has 0 radical (unpaired) electrons. The Morgan fingerprint density at radius 2 is 2.00 bits per heavy atom. The molecule has 0 amide bonds. The highest BCUT2D eigenvalue weighted by Crippen LogP contribution is 2.13. The molecule has 0 bridgehead atoms. The maximum atomic E-state index is 11.7. The van der Waals surface area contributed by atoms with Crippen LogP contribution in [0.25, 0.3) is 0 Å². The fourth-order valence-electron chi connectivity index (χ4n) is 1.86. The van der Waals surface area contributed by atoms with Gasteiger partial charge in [-0.1, -0.05) is 41.8 Å². The van der Waals surface area contributed by atoms with Crippen LogP contribution in [0.5, 0.6) is 0 Å². The van der Waals surface area contributed by atoms with Crippen LogP contribution in [-0.4, -0.2) is 12.6 Å². The lowest BCUT2D eigenvalue weighted by Gasteiger charge is -2.08. The van der Waals surface area contributed by atoms with Crippen LogP contribution in [0.3, 0.4) is 0 Å². The van der Waals surface area contributed by atoms with E-state index in [1.807, 2.05) is 12.1 Å².